The molecule has 0 N–H and O–H groups in total. The van der Waals surface area contributed by atoms with Crippen LogP contribution in [0.25, 0.3) is 0 Å². The van der Waals surface area contributed by atoms with Crippen molar-refractivity contribution in [2.24, 2.45) is 0 Å². The van der Waals surface area contributed by atoms with Gasteiger partial charge in [0, 0.05) is 25.0 Å². The summed E-state index contributed by atoms with van der Waals surface area (Å²) in [5, 5.41) is 9.77. The smallest absolute Gasteiger partial charge is 0.233 e. The molecule has 0 radical (unpaired) electrons. The maximum atomic E-state index is 13.5. The number of amides is 1. The van der Waals surface area contributed by atoms with E-state index in [0.717, 1.165) is 29.7 Å². The van der Waals surface area contributed by atoms with Gasteiger partial charge in [0.25, 0.3) is 0 Å². The van der Waals surface area contributed by atoms with Crippen molar-refractivity contribution < 1.29 is 9.53 Å². The summed E-state index contributed by atoms with van der Waals surface area (Å²) in [6.07, 6.45) is 13.1. The second kappa shape index (κ2) is 11.9. The quantitative estimate of drug-likeness (QED) is 0.454. The van der Waals surface area contributed by atoms with E-state index in [1.807, 2.05) is 12.1 Å². The summed E-state index contributed by atoms with van der Waals surface area (Å²) in [6.45, 7) is 2.91. The lowest BCUT2D eigenvalue weighted by Gasteiger charge is -2.41. The van der Waals surface area contributed by atoms with Gasteiger partial charge in [-0.15, -0.1) is 10.2 Å². The van der Waals surface area contributed by atoms with Crippen molar-refractivity contribution in [3.63, 3.8) is 0 Å². The lowest BCUT2D eigenvalue weighted by Crippen LogP contribution is -2.49. The Bertz CT molecular complexity index is 868. The fraction of sp³-hybridized carbons (Fsp3) is 0.654. The third-order valence-corrected chi connectivity index (χ3v) is 8.13. The Morgan fingerprint density at radius 3 is 2.15 bits per heavy atom. The van der Waals surface area contributed by atoms with Crippen LogP contribution in [0.2, 0.25) is 0 Å². The van der Waals surface area contributed by atoms with Gasteiger partial charge in [0.2, 0.25) is 5.91 Å². The van der Waals surface area contributed by atoms with Crippen LogP contribution in [0.4, 0.5) is 0 Å². The van der Waals surface area contributed by atoms with E-state index in [1.54, 1.807) is 18.9 Å². The Kier molecular flexibility index (Phi) is 8.70. The molecule has 2 aliphatic carbocycles. The first kappa shape index (κ1) is 24.1. The molecule has 4 rings (SSSR count). The molecule has 6 nitrogen and oxygen atoms in total. The van der Waals surface area contributed by atoms with E-state index >= 15 is 0 Å². The first-order chi connectivity index (χ1) is 16.2. The van der Waals surface area contributed by atoms with E-state index in [4.69, 9.17) is 4.74 Å². The van der Waals surface area contributed by atoms with E-state index in [2.05, 4.69) is 38.7 Å². The summed E-state index contributed by atoms with van der Waals surface area (Å²) in [5.74, 6) is 2.54. The topological polar surface area (TPSA) is 60.2 Å². The molecule has 0 saturated heterocycles. The van der Waals surface area contributed by atoms with E-state index in [9.17, 15) is 4.79 Å². The zero-order valence-corrected chi connectivity index (χ0v) is 21.0. The molecular formula is C26H38N4O2S. The Morgan fingerprint density at radius 2 is 1.61 bits per heavy atom. The summed E-state index contributed by atoms with van der Waals surface area (Å²) in [7, 11) is 1.68. The predicted molar refractivity (Wildman–Crippen MR) is 133 cm³/mol. The summed E-state index contributed by atoms with van der Waals surface area (Å²) >= 11 is 1.55. The lowest BCUT2D eigenvalue weighted by atomic mass is 9.88. The minimum absolute atomic E-state index is 0.293. The minimum Gasteiger partial charge on any atom is -0.497 e. The third kappa shape index (κ3) is 6.11. The minimum atomic E-state index is 0.293. The second-order valence-electron chi connectivity index (χ2n) is 9.34. The molecule has 1 aromatic heterocycles. The molecule has 1 amide bonds. The molecular weight excluding hydrogens is 432 g/mol. The number of carbonyl (C=O) groups excluding carboxylic acids is 1. The highest BCUT2D eigenvalue weighted by Gasteiger charge is 2.32. The van der Waals surface area contributed by atoms with Crippen molar-refractivity contribution in [1.82, 2.24) is 19.7 Å². The average molecular weight is 471 g/mol. The van der Waals surface area contributed by atoms with E-state index in [-0.39, 0.29) is 0 Å². The number of nitrogens with zero attached hydrogens (tertiary/aromatic N) is 4. The van der Waals surface area contributed by atoms with Gasteiger partial charge >= 0.3 is 0 Å². The van der Waals surface area contributed by atoms with Gasteiger partial charge in [0.1, 0.15) is 11.6 Å². The molecule has 2 aromatic rings. The summed E-state index contributed by atoms with van der Waals surface area (Å²) in [5.41, 5.74) is 1.17. The number of ether oxygens (including phenoxy) is 1. The van der Waals surface area contributed by atoms with Gasteiger partial charge in [0.05, 0.1) is 12.9 Å². The fourth-order valence-corrected chi connectivity index (χ4v) is 6.32. The molecule has 0 spiro atoms. The Morgan fingerprint density at radius 1 is 1.00 bits per heavy atom. The van der Waals surface area contributed by atoms with Crippen molar-refractivity contribution in [3.8, 4) is 5.75 Å². The molecule has 0 unspecified atom stereocenters. The normalized spacial score (nSPS) is 17.8. The zero-order valence-electron chi connectivity index (χ0n) is 20.2. The summed E-state index contributed by atoms with van der Waals surface area (Å²) < 4.78 is 7.40. The van der Waals surface area contributed by atoms with E-state index < -0.39 is 0 Å². The Labute approximate surface area is 202 Å². The maximum absolute atomic E-state index is 13.5. The first-order valence-corrected chi connectivity index (χ1v) is 13.7. The number of aromatic nitrogens is 3. The van der Waals surface area contributed by atoms with Gasteiger partial charge in [-0.05, 0) is 50.3 Å². The van der Waals surface area contributed by atoms with E-state index in [1.165, 1.54) is 69.8 Å². The molecule has 1 heterocycles. The Hall–Kier alpha value is -2.02. The summed E-state index contributed by atoms with van der Waals surface area (Å²) in [4.78, 5) is 15.8. The van der Waals surface area contributed by atoms with Crippen LogP contribution in [-0.2, 0) is 17.8 Å². The summed E-state index contributed by atoms with van der Waals surface area (Å²) in [6, 6.07) is 8.95. The van der Waals surface area contributed by atoms with Crippen LogP contribution in [0, 0.1) is 0 Å². The molecule has 2 fully saturated rings. The second-order valence-corrected chi connectivity index (χ2v) is 10.3. The molecule has 0 bridgehead atoms. The van der Waals surface area contributed by atoms with Crippen LogP contribution >= 0.6 is 11.8 Å². The number of thioether (sulfide) groups is 1. The fourth-order valence-electron chi connectivity index (χ4n) is 5.42. The van der Waals surface area contributed by atoms with Crippen LogP contribution in [0.15, 0.2) is 29.4 Å². The average Bonchev–Trinajstić information content (AvgIpc) is 3.26. The molecule has 7 heteroatoms. The predicted octanol–water partition coefficient (Wildman–Crippen LogP) is 5.48. The van der Waals surface area contributed by atoms with Crippen molar-refractivity contribution in [2.45, 2.75) is 101 Å². The zero-order chi connectivity index (χ0) is 23.0. The molecule has 2 saturated carbocycles. The van der Waals surface area contributed by atoms with Crippen LogP contribution in [0.3, 0.4) is 0 Å². The molecule has 33 heavy (non-hydrogen) atoms. The first-order valence-electron chi connectivity index (χ1n) is 12.7. The van der Waals surface area contributed by atoms with Gasteiger partial charge in [-0.25, -0.2) is 0 Å². The number of hydrogen-bond acceptors (Lipinski definition) is 5. The van der Waals surface area contributed by atoms with Crippen molar-refractivity contribution >= 4 is 17.7 Å². The van der Waals surface area contributed by atoms with Crippen molar-refractivity contribution in [2.75, 3.05) is 12.9 Å². The van der Waals surface area contributed by atoms with Crippen molar-refractivity contribution in [3.05, 3.63) is 35.7 Å². The molecule has 0 atom stereocenters. The van der Waals surface area contributed by atoms with Gasteiger partial charge in [-0.3, -0.25) is 4.79 Å². The van der Waals surface area contributed by atoms with Crippen LogP contribution in [0.1, 0.15) is 82.5 Å². The maximum Gasteiger partial charge on any atom is 0.233 e. The van der Waals surface area contributed by atoms with Gasteiger partial charge in [-0.2, -0.15) is 0 Å². The highest BCUT2D eigenvalue weighted by Crippen LogP contribution is 2.31. The highest BCUT2D eigenvalue weighted by atomic mass is 32.2. The van der Waals surface area contributed by atoms with Crippen LogP contribution < -0.4 is 4.74 Å². The number of hydrogen-bond donors (Lipinski definition) is 0. The largest absolute Gasteiger partial charge is 0.497 e. The molecule has 180 valence electrons. The standard InChI is InChI=1S/C26H38N4O2S/c1-3-29-24(18-20-14-16-23(32-2)17-15-20)27-28-26(29)33-19-25(31)30(21-10-6-4-7-11-21)22-12-8-5-9-13-22/h14-17,21-22H,3-13,18-19H2,1-2H3. The third-order valence-electron chi connectivity index (χ3n) is 7.18. The number of rotatable bonds is 9. The van der Waals surface area contributed by atoms with Gasteiger partial charge < -0.3 is 14.2 Å². The van der Waals surface area contributed by atoms with E-state index in [0.29, 0.717) is 23.7 Å². The van der Waals surface area contributed by atoms with Gasteiger partial charge in [0.15, 0.2) is 5.16 Å². The SMILES string of the molecule is CCn1c(Cc2ccc(OC)cc2)nnc1SCC(=O)N(C1CCCCC1)C1CCCCC1. The number of carbonyl (C=O) groups is 1. The number of methoxy groups -OCH3 is 1. The van der Waals surface area contributed by atoms with Crippen LogP contribution in [-0.4, -0.2) is 50.5 Å². The van der Waals surface area contributed by atoms with Gasteiger partial charge in [-0.1, -0.05) is 62.4 Å². The number of benzene rings is 1. The molecule has 1 aromatic carbocycles. The molecule has 2 aliphatic rings. The molecule has 0 aliphatic heterocycles. The highest BCUT2D eigenvalue weighted by molar-refractivity contribution is 7.99. The Balaban J connectivity index is 1.42. The van der Waals surface area contributed by atoms with Crippen LogP contribution in [0.5, 0.6) is 5.75 Å². The lowest BCUT2D eigenvalue weighted by molar-refractivity contribution is -0.135. The monoisotopic (exact) mass is 470 g/mol. The van der Waals surface area contributed by atoms with Crippen molar-refractivity contribution in [1.29, 1.82) is 0 Å².